The average molecular weight is 649 g/mol. The fourth-order valence-electron chi connectivity index (χ4n) is 5.69. The van der Waals surface area contributed by atoms with E-state index in [1.807, 2.05) is 43.7 Å². The number of hydrogen-bond acceptors (Lipinski definition) is 9. The molecule has 3 N–H and O–H groups in total. The molecule has 4 aromatic rings. The Balaban J connectivity index is 0.000000537. The monoisotopic (exact) mass is 648 g/mol. The molecule has 5 heterocycles. The van der Waals surface area contributed by atoms with E-state index >= 15 is 0 Å². The number of halogens is 5. The maximum absolute atomic E-state index is 15.0. The molecule has 6 rings (SSSR count). The first kappa shape index (κ1) is 33.1. The molecule has 1 aromatic carbocycles. The number of alkyl halides is 3. The Kier molecular flexibility index (Phi) is 9.51. The van der Waals surface area contributed by atoms with Crippen LogP contribution in [0, 0.1) is 18.6 Å². The number of carboxylic acid groups (broad SMARTS) is 1. The highest BCUT2D eigenvalue weighted by molar-refractivity contribution is 5.83. The number of benzene rings is 1. The van der Waals surface area contributed by atoms with Crippen molar-refractivity contribution in [2.24, 2.45) is 0 Å². The van der Waals surface area contributed by atoms with Gasteiger partial charge in [0.15, 0.2) is 11.6 Å². The Morgan fingerprint density at radius 2 is 1.91 bits per heavy atom. The van der Waals surface area contributed by atoms with Gasteiger partial charge in [0, 0.05) is 44.0 Å². The lowest BCUT2D eigenvalue weighted by atomic mass is 10.0. The van der Waals surface area contributed by atoms with Crippen molar-refractivity contribution in [3.63, 3.8) is 0 Å². The zero-order valence-corrected chi connectivity index (χ0v) is 25.3. The summed E-state index contributed by atoms with van der Waals surface area (Å²) in [5.41, 5.74) is 2.18. The van der Waals surface area contributed by atoms with Crippen molar-refractivity contribution in [1.29, 1.82) is 0 Å². The summed E-state index contributed by atoms with van der Waals surface area (Å²) in [5, 5.41) is 13.6. The van der Waals surface area contributed by atoms with Crippen molar-refractivity contribution < 1.29 is 36.6 Å². The normalized spacial score (nSPS) is 18.6. The highest BCUT2D eigenvalue weighted by atomic mass is 19.4. The predicted octanol–water partition coefficient (Wildman–Crippen LogP) is 5.00. The molecule has 0 unspecified atom stereocenters. The molecule has 11 nitrogen and oxygen atoms in total. The maximum Gasteiger partial charge on any atom is 0.490 e. The topological polar surface area (TPSA) is 130 Å². The fraction of sp³-hybridized carbons (Fsp3) is 0.433. The van der Waals surface area contributed by atoms with Crippen LogP contribution in [0.4, 0.5) is 33.7 Å². The molecule has 2 saturated heterocycles. The van der Waals surface area contributed by atoms with E-state index in [0.29, 0.717) is 22.7 Å². The summed E-state index contributed by atoms with van der Waals surface area (Å²) in [5.74, 6) is -2.53. The van der Waals surface area contributed by atoms with E-state index < -0.39 is 23.8 Å². The number of aliphatic carboxylic acids is 1. The van der Waals surface area contributed by atoms with E-state index in [2.05, 4.69) is 35.5 Å². The van der Waals surface area contributed by atoms with Crippen LogP contribution in [-0.4, -0.2) is 85.0 Å². The maximum atomic E-state index is 15.0. The molecule has 16 heteroatoms. The second-order valence-electron chi connectivity index (χ2n) is 11.5. The zero-order valence-electron chi connectivity index (χ0n) is 25.3. The van der Waals surface area contributed by atoms with Crippen molar-refractivity contribution in [3.8, 4) is 11.3 Å². The quantitative estimate of drug-likeness (QED) is 0.246. The number of aryl methyl sites for hydroxylation is 1. The molecule has 0 saturated carbocycles. The smallest absolute Gasteiger partial charge is 0.475 e. The first-order valence-corrected chi connectivity index (χ1v) is 14.5. The van der Waals surface area contributed by atoms with E-state index in [9.17, 15) is 22.0 Å². The van der Waals surface area contributed by atoms with Crippen LogP contribution >= 0.6 is 0 Å². The molecule has 0 radical (unpaired) electrons. The van der Waals surface area contributed by atoms with E-state index in [0.717, 1.165) is 57.5 Å². The van der Waals surface area contributed by atoms with Gasteiger partial charge in [-0.25, -0.2) is 33.5 Å². The van der Waals surface area contributed by atoms with Crippen molar-refractivity contribution in [2.45, 2.75) is 51.6 Å². The van der Waals surface area contributed by atoms with Crippen LogP contribution in [0.15, 0.2) is 36.7 Å². The summed E-state index contributed by atoms with van der Waals surface area (Å²) in [4.78, 5) is 28.6. The van der Waals surface area contributed by atoms with Crippen LogP contribution in [0.1, 0.15) is 37.7 Å². The summed E-state index contributed by atoms with van der Waals surface area (Å²) < 4.78 is 69.6. The number of morpholine rings is 1. The SMILES string of the molecule is Cc1nc2c(F)cc(-c3nc(Nc4ccc(CN5CCO[C@@]6(CCNC6)C5)cn4)ncc3F)cc2n1C(C)C.O=C(O)C(F)(F)F. The molecule has 0 bridgehead atoms. The highest BCUT2D eigenvalue weighted by Crippen LogP contribution is 2.31. The number of carboxylic acids is 1. The molecule has 246 valence electrons. The molecule has 1 atom stereocenters. The molecule has 2 fully saturated rings. The second kappa shape index (κ2) is 13.2. The number of aromatic nitrogens is 5. The third-order valence-corrected chi connectivity index (χ3v) is 7.70. The van der Waals surface area contributed by atoms with Crippen LogP contribution in [0.5, 0.6) is 0 Å². The number of rotatable bonds is 6. The van der Waals surface area contributed by atoms with E-state index in [1.54, 1.807) is 6.07 Å². The third kappa shape index (κ3) is 7.40. The summed E-state index contributed by atoms with van der Waals surface area (Å²) in [6.07, 6.45) is -1.15. The van der Waals surface area contributed by atoms with Gasteiger partial charge in [0.05, 0.1) is 23.9 Å². The lowest BCUT2D eigenvalue weighted by Gasteiger charge is -2.40. The number of carbonyl (C=O) groups is 1. The van der Waals surface area contributed by atoms with Gasteiger partial charge in [-0.15, -0.1) is 0 Å². The number of ether oxygens (including phenoxy) is 1. The van der Waals surface area contributed by atoms with Crippen LogP contribution in [0.3, 0.4) is 0 Å². The van der Waals surface area contributed by atoms with Gasteiger partial charge in [-0.05, 0) is 57.5 Å². The predicted molar refractivity (Wildman–Crippen MR) is 158 cm³/mol. The van der Waals surface area contributed by atoms with Crippen molar-refractivity contribution in [1.82, 2.24) is 34.7 Å². The Labute approximate surface area is 260 Å². The Morgan fingerprint density at radius 3 is 2.54 bits per heavy atom. The second-order valence-corrected chi connectivity index (χ2v) is 11.5. The minimum Gasteiger partial charge on any atom is -0.475 e. The average Bonchev–Trinajstić information content (AvgIpc) is 3.58. The first-order valence-electron chi connectivity index (χ1n) is 14.5. The fourth-order valence-corrected chi connectivity index (χ4v) is 5.69. The van der Waals surface area contributed by atoms with Crippen LogP contribution in [-0.2, 0) is 16.1 Å². The first-order chi connectivity index (χ1) is 21.7. The van der Waals surface area contributed by atoms with E-state index in [4.69, 9.17) is 14.6 Å². The largest absolute Gasteiger partial charge is 0.490 e. The summed E-state index contributed by atoms with van der Waals surface area (Å²) in [6.45, 7) is 11.0. The van der Waals surface area contributed by atoms with E-state index in [-0.39, 0.29) is 28.8 Å². The third-order valence-electron chi connectivity index (χ3n) is 7.70. The Morgan fingerprint density at radius 1 is 1.15 bits per heavy atom. The summed E-state index contributed by atoms with van der Waals surface area (Å²) in [6, 6.07) is 6.91. The van der Waals surface area contributed by atoms with Gasteiger partial charge in [-0.1, -0.05) is 6.07 Å². The van der Waals surface area contributed by atoms with Gasteiger partial charge in [-0.3, -0.25) is 4.90 Å². The Hall–Kier alpha value is -4.28. The molecule has 2 aliphatic heterocycles. The number of pyridine rings is 1. The number of hydrogen-bond donors (Lipinski definition) is 3. The van der Waals surface area contributed by atoms with Crippen molar-refractivity contribution in [2.75, 3.05) is 38.1 Å². The van der Waals surface area contributed by atoms with Gasteiger partial charge in [0.2, 0.25) is 5.95 Å². The summed E-state index contributed by atoms with van der Waals surface area (Å²) in [7, 11) is 0. The number of imidazole rings is 1. The van der Waals surface area contributed by atoms with Gasteiger partial charge < -0.3 is 25.0 Å². The standard InChI is InChI=1S/C28H32F2N8O.C2HF3O2/c1-17(2)38-18(3)34-26-21(29)10-20(11-23(26)38)25-22(30)13-33-27(36-25)35-24-5-4-19(12-32-24)14-37-8-9-39-28(16-37)6-7-31-15-28;3-2(4,5)1(6)7/h4-5,10-13,17,31H,6-9,14-16H2,1-3H3,(H,32,33,35,36);(H,6,7)/t28-;/m1./s1. The Bertz CT molecular complexity index is 1710. The van der Waals surface area contributed by atoms with Crippen molar-refractivity contribution in [3.05, 3.63) is 59.7 Å². The lowest BCUT2D eigenvalue weighted by molar-refractivity contribution is -0.192. The molecule has 0 aliphatic carbocycles. The minimum absolute atomic E-state index is 0.00160. The number of fused-ring (bicyclic) bond motifs is 1. The molecular formula is C30H33F5N8O3. The van der Waals surface area contributed by atoms with Crippen LogP contribution < -0.4 is 10.6 Å². The van der Waals surface area contributed by atoms with Crippen LogP contribution in [0.25, 0.3) is 22.3 Å². The van der Waals surface area contributed by atoms with Gasteiger partial charge in [0.25, 0.3) is 0 Å². The van der Waals surface area contributed by atoms with E-state index in [1.165, 1.54) is 6.07 Å². The number of nitrogens with zero attached hydrogens (tertiary/aromatic N) is 6. The number of anilines is 2. The molecule has 1 spiro atoms. The lowest BCUT2D eigenvalue weighted by Crippen LogP contribution is -2.52. The van der Waals surface area contributed by atoms with Gasteiger partial charge >= 0.3 is 12.1 Å². The minimum atomic E-state index is -5.08. The summed E-state index contributed by atoms with van der Waals surface area (Å²) >= 11 is 0. The molecular weight excluding hydrogens is 615 g/mol. The molecule has 3 aromatic heterocycles. The molecule has 46 heavy (non-hydrogen) atoms. The molecule has 0 amide bonds. The van der Waals surface area contributed by atoms with Crippen molar-refractivity contribution >= 4 is 28.8 Å². The molecule has 2 aliphatic rings. The highest BCUT2D eigenvalue weighted by Gasteiger charge is 2.39. The number of nitrogens with one attached hydrogen (secondary N) is 2. The van der Waals surface area contributed by atoms with Gasteiger partial charge in [0.1, 0.15) is 22.9 Å². The van der Waals surface area contributed by atoms with Gasteiger partial charge in [-0.2, -0.15) is 13.2 Å². The van der Waals surface area contributed by atoms with Crippen LogP contribution in [0.2, 0.25) is 0 Å². The zero-order chi connectivity index (χ0) is 33.2.